The van der Waals surface area contributed by atoms with Gasteiger partial charge in [-0.15, -0.1) is 0 Å². The Hall–Kier alpha value is -1.93. The van der Waals surface area contributed by atoms with Gasteiger partial charge in [0.05, 0.1) is 17.5 Å². The number of anilines is 1. The van der Waals surface area contributed by atoms with Gasteiger partial charge in [-0.3, -0.25) is 4.79 Å². The van der Waals surface area contributed by atoms with Crippen LogP contribution in [0.3, 0.4) is 0 Å². The van der Waals surface area contributed by atoms with Gasteiger partial charge in [-0.2, -0.15) is 4.72 Å². The van der Waals surface area contributed by atoms with Crippen LogP contribution in [0.5, 0.6) is 0 Å². The number of carbonyl (C=O) groups excluding carboxylic acids is 1. The van der Waals surface area contributed by atoms with Crippen molar-refractivity contribution in [1.82, 2.24) is 4.72 Å². The van der Waals surface area contributed by atoms with Crippen molar-refractivity contribution in [1.29, 1.82) is 0 Å². The van der Waals surface area contributed by atoms with E-state index >= 15 is 0 Å². The molecule has 0 fully saturated rings. The molecule has 1 amide bonds. The molecule has 0 aromatic heterocycles. The number of hydrogen-bond acceptors (Lipinski definition) is 4. The van der Waals surface area contributed by atoms with Crippen molar-refractivity contribution >= 4 is 33.2 Å². The number of amides is 1. The van der Waals surface area contributed by atoms with Gasteiger partial charge in [0.2, 0.25) is 15.9 Å². The Balaban J connectivity index is 2.09. The molecule has 25 heavy (non-hydrogen) atoms. The Kier molecular flexibility index (Phi) is 6.55. The molecule has 0 bridgehead atoms. The molecule has 2 rings (SSSR count). The van der Waals surface area contributed by atoms with Crippen LogP contribution in [0.1, 0.15) is 12.5 Å². The third-order valence-corrected chi connectivity index (χ3v) is 5.23. The van der Waals surface area contributed by atoms with Crippen molar-refractivity contribution in [3.05, 3.63) is 59.1 Å². The van der Waals surface area contributed by atoms with Crippen LogP contribution >= 0.6 is 11.6 Å². The average molecular weight is 383 g/mol. The fraction of sp³-hybridized carbons (Fsp3) is 0.235. The molecule has 0 saturated carbocycles. The van der Waals surface area contributed by atoms with E-state index in [0.717, 1.165) is 5.56 Å². The molecule has 0 unspecified atom stereocenters. The maximum Gasteiger partial charge on any atom is 0.242 e. The van der Waals surface area contributed by atoms with Gasteiger partial charge in [-0.25, -0.2) is 8.42 Å². The van der Waals surface area contributed by atoms with Gasteiger partial charge in [-0.1, -0.05) is 29.8 Å². The molecular weight excluding hydrogens is 364 g/mol. The number of para-hydroxylation sites is 1. The summed E-state index contributed by atoms with van der Waals surface area (Å²) in [6.07, 6.45) is 0. The molecule has 0 spiro atoms. The summed E-state index contributed by atoms with van der Waals surface area (Å²) in [6, 6.07) is 11.9. The average Bonchev–Trinajstić information content (AvgIpc) is 2.57. The van der Waals surface area contributed by atoms with Crippen LogP contribution < -0.4 is 10.0 Å². The second-order valence-electron chi connectivity index (χ2n) is 5.38. The highest BCUT2D eigenvalue weighted by Gasteiger charge is 2.22. The highest BCUT2D eigenvalue weighted by atomic mass is 35.5. The van der Waals surface area contributed by atoms with Gasteiger partial charge in [0.25, 0.3) is 0 Å². The predicted octanol–water partition coefficient (Wildman–Crippen LogP) is 2.79. The van der Waals surface area contributed by atoms with E-state index in [-0.39, 0.29) is 4.90 Å². The van der Waals surface area contributed by atoms with Gasteiger partial charge in [0.1, 0.15) is 0 Å². The molecule has 0 heterocycles. The number of hydrogen-bond donors (Lipinski definition) is 2. The number of nitrogens with one attached hydrogen (secondary N) is 2. The van der Waals surface area contributed by atoms with Crippen molar-refractivity contribution in [2.45, 2.75) is 24.5 Å². The Morgan fingerprint density at radius 2 is 1.80 bits per heavy atom. The van der Waals surface area contributed by atoms with Gasteiger partial charge < -0.3 is 10.1 Å². The SMILES string of the molecule is COCc1ccccc1NC(=O)[C@H](C)NS(=O)(=O)c1ccc(Cl)cc1. The second-order valence-corrected chi connectivity index (χ2v) is 7.53. The van der Waals surface area contributed by atoms with Crippen LogP contribution in [0.4, 0.5) is 5.69 Å². The topological polar surface area (TPSA) is 84.5 Å². The van der Waals surface area contributed by atoms with E-state index < -0.39 is 22.0 Å². The molecule has 0 radical (unpaired) electrons. The zero-order valence-electron chi connectivity index (χ0n) is 13.8. The van der Waals surface area contributed by atoms with E-state index in [1.807, 2.05) is 12.1 Å². The van der Waals surface area contributed by atoms with E-state index in [4.69, 9.17) is 16.3 Å². The molecular formula is C17H19ClN2O4S. The molecule has 0 aliphatic heterocycles. The summed E-state index contributed by atoms with van der Waals surface area (Å²) in [5.41, 5.74) is 1.37. The number of ether oxygens (including phenoxy) is 1. The molecule has 2 N–H and O–H groups in total. The first-order valence-electron chi connectivity index (χ1n) is 7.49. The number of methoxy groups -OCH3 is 1. The smallest absolute Gasteiger partial charge is 0.242 e. The lowest BCUT2D eigenvalue weighted by atomic mass is 10.2. The van der Waals surface area contributed by atoms with Crippen molar-refractivity contribution in [3.63, 3.8) is 0 Å². The number of rotatable bonds is 7. The molecule has 6 nitrogen and oxygen atoms in total. The summed E-state index contributed by atoms with van der Waals surface area (Å²) in [4.78, 5) is 12.4. The van der Waals surface area contributed by atoms with Crippen LogP contribution in [0, 0.1) is 0 Å². The van der Waals surface area contributed by atoms with Gasteiger partial charge in [-0.05, 0) is 37.3 Å². The third kappa shape index (κ3) is 5.27. The fourth-order valence-electron chi connectivity index (χ4n) is 2.13. The van der Waals surface area contributed by atoms with Crippen molar-refractivity contribution < 1.29 is 17.9 Å². The van der Waals surface area contributed by atoms with E-state index in [2.05, 4.69) is 10.0 Å². The van der Waals surface area contributed by atoms with Crippen LogP contribution in [-0.4, -0.2) is 27.5 Å². The fourth-order valence-corrected chi connectivity index (χ4v) is 3.46. The van der Waals surface area contributed by atoms with E-state index in [0.29, 0.717) is 17.3 Å². The molecule has 0 aliphatic rings. The maximum absolute atomic E-state index is 12.3. The minimum atomic E-state index is -3.83. The Morgan fingerprint density at radius 1 is 1.16 bits per heavy atom. The van der Waals surface area contributed by atoms with Crippen molar-refractivity contribution in [3.8, 4) is 0 Å². The third-order valence-electron chi connectivity index (χ3n) is 3.42. The molecule has 1 atom stereocenters. The Bertz CT molecular complexity index is 838. The van der Waals surface area contributed by atoms with Crippen LogP contribution in [0.2, 0.25) is 5.02 Å². The molecule has 134 valence electrons. The highest BCUT2D eigenvalue weighted by molar-refractivity contribution is 7.89. The number of benzene rings is 2. The first kappa shape index (κ1) is 19.4. The predicted molar refractivity (Wildman–Crippen MR) is 97.0 cm³/mol. The van der Waals surface area contributed by atoms with Crippen molar-refractivity contribution in [2.24, 2.45) is 0 Å². The van der Waals surface area contributed by atoms with E-state index in [9.17, 15) is 13.2 Å². The lowest BCUT2D eigenvalue weighted by Crippen LogP contribution is -2.41. The van der Waals surface area contributed by atoms with E-state index in [1.54, 1.807) is 19.2 Å². The first-order valence-corrected chi connectivity index (χ1v) is 9.35. The van der Waals surface area contributed by atoms with Gasteiger partial charge >= 0.3 is 0 Å². The number of carbonyl (C=O) groups is 1. The van der Waals surface area contributed by atoms with Crippen LogP contribution in [0.15, 0.2) is 53.4 Å². The second kappa shape index (κ2) is 8.44. The van der Waals surface area contributed by atoms with E-state index in [1.165, 1.54) is 31.2 Å². The minimum Gasteiger partial charge on any atom is -0.380 e. The quantitative estimate of drug-likeness (QED) is 0.771. The lowest BCUT2D eigenvalue weighted by Gasteiger charge is -2.16. The summed E-state index contributed by atoms with van der Waals surface area (Å²) in [6.45, 7) is 1.81. The molecule has 2 aromatic carbocycles. The zero-order chi connectivity index (χ0) is 18.4. The maximum atomic E-state index is 12.3. The summed E-state index contributed by atoms with van der Waals surface area (Å²) >= 11 is 5.76. The molecule has 2 aromatic rings. The number of halogens is 1. The first-order chi connectivity index (χ1) is 11.8. The monoisotopic (exact) mass is 382 g/mol. The minimum absolute atomic E-state index is 0.0383. The van der Waals surface area contributed by atoms with Crippen LogP contribution in [-0.2, 0) is 26.2 Å². The molecule has 8 heteroatoms. The standard InChI is InChI=1S/C17H19ClN2O4S/c1-12(20-25(22,23)15-9-7-14(18)8-10-15)17(21)19-16-6-4-3-5-13(16)11-24-2/h3-10,12,20H,11H2,1-2H3,(H,19,21)/t12-/m0/s1. The number of sulfonamides is 1. The Morgan fingerprint density at radius 3 is 2.44 bits per heavy atom. The van der Waals surface area contributed by atoms with Gasteiger partial charge in [0, 0.05) is 23.4 Å². The zero-order valence-corrected chi connectivity index (χ0v) is 15.4. The summed E-state index contributed by atoms with van der Waals surface area (Å²) in [5.74, 6) is -0.471. The lowest BCUT2D eigenvalue weighted by molar-refractivity contribution is -0.117. The van der Waals surface area contributed by atoms with Gasteiger partial charge in [0.15, 0.2) is 0 Å². The summed E-state index contributed by atoms with van der Waals surface area (Å²) in [7, 11) is -2.27. The summed E-state index contributed by atoms with van der Waals surface area (Å²) in [5, 5.41) is 3.14. The highest BCUT2D eigenvalue weighted by Crippen LogP contribution is 2.17. The summed E-state index contributed by atoms with van der Waals surface area (Å²) < 4.78 is 32.1. The van der Waals surface area contributed by atoms with Crippen molar-refractivity contribution in [2.75, 3.05) is 12.4 Å². The normalized spacial score (nSPS) is 12.6. The Labute approximate surface area is 152 Å². The van der Waals surface area contributed by atoms with Crippen LogP contribution in [0.25, 0.3) is 0 Å². The largest absolute Gasteiger partial charge is 0.380 e. The molecule has 0 aliphatic carbocycles. The molecule has 0 saturated heterocycles.